The molecule has 1 aliphatic rings. The molecule has 5 heteroatoms. The molecule has 0 radical (unpaired) electrons. The van der Waals surface area contributed by atoms with E-state index in [9.17, 15) is 4.79 Å². The third-order valence-electron chi connectivity index (χ3n) is 4.93. The van der Waals surface area contributed by atoms with Crippen LogP contribution in [0.3, 0.4) is 0 Å². The summed E-state index contributed by atoms with van der Waals surface area (Å²) in [6, 6.07) is 18.1. The zero-order valence-electron chi connectivity index (χ0n) is 15.9. The fourth-order valence-electron chi connectivity index (χ4n) is 3.14. The van der Waals surface area contributed by atoms with E-state index in [0.717, 1.165) is 22.8 Å². The van der Waals surface area contributed by atoms with Crippen molar-refractivity contribution >= 4 is 17.4 Å². The fourth-order valence-corrected chi connectivity index (χ4v) is 3.14. The predicted octanol–water partition coefficient (Wildman–Crippen LogP) is 5.06. The molecule has 1 saturated carbocycles. The van der Waals surface area contributed by atoms with Crippen LogP contribution in [-0.4, -0.2) is 15.9 Å². The topological polar surface area (TPSA) is 66.9 Å². The van der Waals surface area contributed by atoms with Gasteiger partial charge in [0.15, 0.2) is 0 Å². The van der Waals surface area contributed by atoms with Crippen LogP contribution < -0.4 is 10.6 Å². The Morgan fingerprint density at radius 3 is 2.54 bits per heavy atom. The number of nitrogens with one attached hydrogen (secondary N) is 2. The number of rotatable bonds is 7. The molecule has 1 aromatic heterocycles. The largest absolute Gasteiger partial charge is 0.362 e. The molecule has 1 aliphatic carbocycles. The lowest BCUT2D eigenvalue weighted by atomic mass is 10.1. The van der Waals surface area contributed by atoms with Gasteiger partial charge in [-0.15, -0.1) is 0 Å². The van der Waals surface area contributed by atoms with Crippen LogP contribution in [0.15, 0.2) is 67.0 Å². The van der Waals surface area contributed by atoms with E-state index >= 15 is 0 Å². The molecule has 0 saturated heterocycles. The van der Waals surface area contributed by atoms with E-state index in [0.29, 0.717) is 12.3 Å². The molecule has 2 aromatic carbocycles. The summed E-state index contributed by atoms with van der Waals surface area (Å²) in [5, 5.41) is 6.36. The van der Waals surface area contributed by atoms with Crippen molar-refractivity contribution in [1.82, 2.24) is 9.97 Å². The average Bonchev–Trinajstić information content (AvgIpc) is 3.53. The van der Waals surface area contributed by atoms with Crippen molar-refractivity contribution in [2.75, 3.05) is 10.6 Å². The molecule has 28 heavy (non-hydrogen) atoms. The lowest BCUT2D eigenvalue weighted by molar-refractivity contribution is -0.116. The zero-order chi connectivity index (χ0) is 19.3. The number of nitrogens with zero attached hydrogens (tertiary/aromatic N) is 2. The quantitative estimate of drug-likeness (QED) is 0.609. The van der Waals surface area contributed by atoms with Gasteiger partial charge in [0.05, 0.1) is 18.1 Å². The van der Waals surface area contributed by atoms with Crippen molar-refractivity contribution in [3.05, 3.63) is 72.6 Å². The van der Waals surface area contributed by atoms with Crippen molar-refractivity contribution in [3.63, 3.8) is 0 Å². The van der Waals surface area contributed by atoms with Gasteiger partial charge in [-0.05, 0) is 43.4 Å². The Kier molecular flexibility index (Phi) is 5.33. The van der Waals surface area contributed by atoms with Crippen LogP contribution >= 0.6 is 0 Å². The minimum absolute atomic E-state index is 0.0936. The van der Waals surface area contributed by atoms with E-state index in [1.807, 2.05) is 42.5 Å². The van der Waals surface area contributed by atoms with Crippen molar-refractivity contribution in [3.8, 4) is 11.3 Å². The van der Waals surface area contributed by atoms with Crippen molar-refractivity contribution in [2.24, 2.45) is 5.92 Å². The highest BCUT2D eigenvalue weighted by Crippen LogP contribution is 2.32. The zero-order valence-corrected chi connectivity index (χ0v) is 15.9. The Labute approximate surface area is 165 Å². The third kappa shape index (κ3) is 4.74. The predicted molar refractivity (Wildman–Crippen MR) is 112 cm³/mol. The van der Waals surface area contributed by atoms with Crippen LogP contribution in [0.25, 0.3) is 11.3 Å². The number of anilines is 2. The Morgan fingerprint density at radius 2 is 1.82 bits per heavy atom. The molecule has 0 spiro atoms. The molecule has 2 N–H and O–H groups in total. The second-order valence-corrected chi connectivity index (χ2v) is 7.34. The van der Waals surface area contributed by atoms with E-state index in [1.54, 1.807) is 12.4 Å². The Hall–Kier alpha value is -3.21. The van der Waals surface area contributed by atoms with Gasteiger partial charge in [-0.1, -0.05) is 42.5 Å². The van der Waals surface area contributed by atoms with Gasteiger partial charge in [-0.2, -0.15) is 0 Å². The second-order valence-electron chi connectivity index (χ2n) is 7.34. The van der Waals surface area contributed by atoms with E-state index in [4.69, 9.17) is 0 Å². The van der Waals surface area contributed by atoms with E-state index in [-0.39, 0.29) is 11.9 Å². The molecule has 1 fully saturated rings. The molecule has 5 nitrogen and oxygen atoms in total. The van der Waals surface area contributed by atoms with Crippen LogP contribution in [0, 0.1) is 5.92 Å². The number of hydrogen-bond acceptors (Lipinski definition) is 4. The molecular weight excluding hydrogens is 348 g/mol. The first-order chi connectivity index (χ1) is 13.7. The highest BCUT2D eigenvalue weighted by molar-refractivity contribution is 5.91. The fraction of sp³-hybridized carbons (Fsp3) is 0.261. The smallest absolute Gasteiger partial charge is 0.224 e. The van der Waals surface area contributed by atoms with Crippen LogP contribution in [0.4, 0.5) is 11.5 Å². The Morgan fingerprint density at radius 1 is 1.07 bits per heavy atom. The van der Waals surface area contributed by atoms with Gasteiger partial charge < -0.3 is 10.6 Å². The van der Waals surface area contributed by atoms with E-state index in [2.05, 4.69) is 39.7 Å². The van der Waals surface area contributed by atoms with Gasteiger partial charge in [0.1, 0.15) is 5.82 Å². The maximum absolute atomic E-state index is 11.9. The number of carbonyl (C=O) groups excluding carboxylic acids is 1. The molecule has 4 rings (SSSR count). The summed E-state index contributed by atoms with van der Waals surface area (Å²) >= 11 is 0. The molecule has 0 unspecified atom stereocenters. The molecule has 0 bridgehead atoms. The molecular formula is C23H24N4O. The molecule has 1 heterocycles. The first kappa shape index (κ1) is 18.2. The summed E-state index contributed by atoms with van der Waals surface area (Å²) in [5.74, 6) is 1.41. The van der Waals surface area contributed by atoms with Crippen LogP contribution in [0.1, 0.15) is 37.8 Å². The minimum atomic E-state index is 0.0936. The van der Waals surface area contributed by atoms with Crippen LogP contribution in [-0.2, 0) is 4.79 Å². The van der Waals surface area contributed by atoms with Crippen molar-refractivity contribution < 1.29 is 4.79 Å². The molecule has 1 amide bonds. The summed E-state index contributed by atoms with van der Waals surface area (Å²) in [4.78, 5) is 20.9. The standard InChI is InChI=1S/C23H24N4O/c1-16(18-5-3-2-4-6-18)25-22-15-24-14-21(27-22)19-9-11-20(12-10-19)26-23(28)13-17-7-8-17/h2-6,9-12,14-17H,7-8,13H2,1H3,(H,25,27)(H,26,28)/t16-/m0/s1. The van der Waals surface area contributed by atoms with E-state index in [1.165, 1.54) is 18.4 Å². The lowest BCUT2D eigenvalue weighted by Gasteiger charge is -2.15. The van der Waals surface area contributed by atoms with Crippen molar-refractivity contribution in [2.45, 2.75) is 32.2 Å². The highest BCUT2D eigenvalue weighted by atomic mass is 16.1. The number of hydrogen-bond donors (Lipinski definition) is 2. The third-order valence-corrected chi connectivity index (χ3v) is 4.93. The maximum Gasteiger partial charge on any atom is 0.224 e. The van der Waals surface area contributed by atoms with Gasteiger partial charge in [0, 0.05) is 23.7 Å². The van der Waals surface area contributed by atoms with Gasteiger partial charge in [-0.25, -0.2) is 4.98 Å². The lowest BCUT2D eigenvalue weighted by Crippen LogP contribution is -2.11. The summed E-state index contributed by atoms with van der Waals surface area (Å²) in [5.41, 5.74) is 3.76. The minimum Gasteiger partial charge on any atom is -0.362 e. The van der Waals surface area contributed by atoms with Gasteiger partial charge in [0.25, 0.3) is 0 Å². The first-order valence-electron chi connectivity index (χ1n) is 9.71. The molecule has 0 aliphatic heterocycles. The normalized spacial score (nSPS) is 14.3. The Bertz CT molecular complexity index is 936. The number of benzene rings is 2. The summed E-state index contributed by atoms with van der Waals surface area (Å²) < 4.78 is 0. The monoisotopic (exact) mass is 372 g/mol. The Balaban J connectivity index is 1.42. The molecule has 142 valence electrons. The highest BCUT2D eigenvalue weighted by Gasteiger charge is 2.24. The maximum atomic E-state index is 11.9. The second kappa shape index (κ2) is 8.21. The SMILES string of the molecule is C[C@H](Nc1cncc(-c2ccc(NC(=O)CC3CC3)cc2)n1)c1ccccc1. The summed E-state index contributed by atoms with van der Waals surface area (Å²) in [7, 11) is 0. The van der Waals surface area contributed by atoms with Gasteiger partial charge in [-0.3, -0.25) is 9.78 Å². The van der Waals surface area contributed by atoms with Crippen LogP contribution in [0.5, 0.6) is 0 Å². The number of amides is 1. The first-order valence-corrected chi connectivity index (χ1v) is 9.71. The molecule has 3 aromatic rings. The number of carbonyl (C=O) groups is 1. The summed E-state index contributed by atoms with van der Waals surface area (Å²) in [6.07, 6.45) is 6.46. The van der Waals surface area contributed by atoms with Gasteiger partial charge >= 0.3 is 0 Å². The van der Waals surface area contributed by atoms with E-state index < -0.39 is 0 Å². The van der Waals surface area contributed by atoms with Crippen molar-refractivity contribution in [1.29, 1.82) is 0 Å². The number of aromatic nitrogens is 2. The average molecular weight is 372 g/mol. The molecule has 1 atom stereocenters. The van der Waals surface area contributed by atoms with Crippen LogP contribution in [0.2, 0.25) is 0 Å². The van der Waals surface area contributed by atoms with Gasteiger partial charge in [0.2, 0.25) is 5.91 Å². The summed E-state index contributed by atoms with van der Waals surface area (Å²) in [6.45, 7) is 2.10.